The minimum absolute atomic E-state index is 0.180. The molecule has 4 heteroatoms. The summed E-state index contributed by atoms with van der Waals surface area (Å²) >= 11 is 5.86. The topological polar surface area (TPSA) is 46.3 Å². The van der Waals surface area contributed by atoms with Gasteiger partial charge in [0, 0.05) is 18.7 Å². The van der Waals surface area contributed by atoms with Crippen molar-refractivity contribution in [3.63, 3.8) is 0 Å². The molecule has 1 aliphatic rings. The summed E-state index contributed by atoms with van der Waals surface area (Å²) in [5.74, 6) is 0.180. The number of nitrogen functional groups attached to an aromatic ring is 1. The van der Waals surface area contributed by atoms with Crippen molar-refractivity contribution in [2.24, 2.45) is 0 Å². The van der Waals surface area contributed by atoms with E-state index in [1.165, 1.54) is 0 Å². The van der Waals surface area contributed by atoms with E-state index in [1.807, 2.05) is 6.07 Å². The van der Waals surface area contributed by atoms with Crippen LogP contribution in [0.3, 0.4) is 0 Å². The Morgan fingerprint density at radius 1 is 1.25 bits per heavy atom. The van der Waals surface area contributed by atoms with E-state index in [-0.39, 0.29) is 5.91 Å². The molecule has 0 spiro atoms. The van der Waals surface area contributed by atoms with Gasteiger partial charge in [0.25, 0.3) is 0 Å². The molecule has 2 rings (SSSR count). The molecule has 0 radical (unpaired) electrons. The van der Waals surface area contributed by atoms with Gasteiger partial charge < -0.3 is 10.6 Å². The third-order valence-corrected chi connectivity index (χ3v) is 3.21. The van der Waals surface area contributed by atoms with Crippen molar-refractivity contribution in [2.75, 3.05) is 17.2 Å². The minimum Gasteiger partial charge on any atom is -0.397 e. The molecule has 0 unspecified atom stereocenters. The Hall–Kier alpha value is -1.22. The lowest BCUT2D eigenvalue weighted by molar-refractivity contribution is -0.118. The van der Waals surface area contributed by atoms with Crippen LogP contribution in [0, 0.1) is 0 Å². The van der Waals surface area contributed by atoms with Crippen LogP contribution in [0.4, 0.5) is 11.4 Å². The summed E-state index contributed by atoms with van der Waals surface area (Å²) in [5, 5.41) is 0.533. The number of anilines is 2. The second-order valence-corrected chi connectivity index (χ2v) is 4.47. The first kappa shape index (κ1) is 11.3. The van der Waals surface area contributed by atoms with Crippen LogP contribution < -0.4 is 10.6 Å². The predicted molar refractivity (Wildman–Crippen MR) is 66.7 cm³/mol. The van der Waals surface area contributed by atoms with E-state index in [0.717, 1.165) is 31.5 Å². The Labute approximate surface area is 100 Å². The SMILES string of the molecule is Nc1cc(N2CCCCCC2=O)ccc1Cl. The standard InChI is InChI=1S/C12H15ClN2O/c13-10-6-5-9(8-11(10)14)15-7-3-1-2-4-12(15)16/h5-6,8H,1-4,7,14H2. The van der Waals surface area contributed by atoms with Crippen molar-refractivity contribution in [2.45, 2.75) is 25.7 Å². The number of rotatable bonds is 1. The van der Waals surface area contributed by atoms with Crippen LogP contribution in [0.15, 0.2) is 18.2 Å². The van der Waals surface area contributed by atoms with Crippen molar-refractivity contribution in [1.29, 1.82) is 0 Å². The Kier molecular flexibility index (Phi) is 3.34. The highest BCUT2D eigenvalue weighted by atomic mass is 35.5. The Morgan fingerprint density at radius 3 is 2.81 bits per heavy atom. The van der Waals surface area contributed by atoms with E-state index < -0.39 is 0 Å². The molecule has 1 saturated heterocycles. The van der Waals surface area contributed by atoms with Gasteiger partial charge >= 0.3 is 0 Å². The summed E-state index contributed by atoms with van der Waals surface area (Å²) in [6.07, 6.45) is 3.78. The van der Waals surface area contributed by atoms with E-state index in [4.69, 9.17) is 17.3 Å². The summed E-state index contributed by atoms with van der Waals surface area (Å²) in [4.78, 5) is 13.7. The van der Waals surface area contributed by atoms with Crippen molar-refractivity contribution >= 4 is 28.9 Å². The predicted octanol–water partition coefficient (Wildman–Crippen LogP) is 2.83. The molecule has 3 nitrogen and oxygen atoms in total. The molecule has 0 saturated carbocycles. The molecule has 0 bridgehead atoms. The second kappa shape index (κ2) is 4.74. The maximum absolute atomic E-state index is 11.9. The van der Waals surface area contributed by atoms with Gasteiger partial charge in [-0.2, -0.15) is 0 Å². The van der Waals surface area contributed by atoms with Crippen molar-refractivity contribution < 1.29 is 4.79 Å². The normalized spacial score (nSPS) is 17.3. The van der Waals surface area contributed by atoms with Gasteiger partial charge in [0.1, 0.15) is 0 Å². The lowest BCUT2D eigenvalue weighted by atomic mass is 10.2. The monoisotopic (exact) mass is 238 g/mol. The largest absolute Gasteiger partial charge is 0.397 e. The van der Waals surface area contributed by atoms with Gasteiger partial charge in [0.15, 0.2) is 0 Å². The molecule has 0 aromatic heterocycles. The molecule has 0 atom stereocenters. The molecule has 0 aliphatic carbocycles. The average molecular weight is 239 g/mol. The molecule has 16 heavy (non-hydrogen) atoms. The van der Waals surface area contributed by atoms with E-state index >= 15 is 0 Å². The quantitative estimate of drug-likeness (QED) is 0.765. The molecule has 1 amide bonds. The molecular weight excluding hydrogens is 224 g/mol. The highest BCUT2D eigenvalue weighted by molar-refractivity contribution is 6.33. The molecule has 1 heterocycles. The van der Waals surface area contributed by atoms with Crippen molar-refractivity contribution in [1.82, 2.24) is 0 Å². The zero-order valence-electron chi connectivity index (χ0n) is 9.08. The summed E-state index contributed by atoms with van der Waals surface area (Å²) in [6.45, 7) is 0.778. The molecule has 2 N–H and O–H groups in total. The fourth-order valence-corrected chi connectivity index (χ4v) is 2.07. The first-order chi connectivity index (χ1) is 7.68. The molecular formula is C12H15ClN2O. The van der Waals surface area contributed by atoms with Gasteiger partial charge in [-0.3, -0.25) is 4.79 Å². The number of halogens is 1. The third-order valence-electron chi connectivity index (χ3n) is 2.86. The van der Waals surface area contributed by atoms with Crippen LogP contribution in [0.25, 0.3) is 0 Å². The smallest absolute Gasteiger partial charge is 0.226 e. The van der Waals surface area contributed by atoms with E-state index in [9.17, 15) is 4.79 Å². The number of nitrogens with two attached hydrogens (primary N) is 1. The fraction of sp³-hybridized carbons (Fsp3) is 0.417. The lowest BCUT2D eigenvalue weighted by Gasteiger charge is -2.21. The van der Waals surface area contributed by atoms with Gasteiger partial charge in [-0.05, 0) is 31.0 Å². The van der Waals surface area contributed by atoms with Crippen LogP contribution in [-0.4, -0.2) is 12.5 Å². The van der Waals surface area contributed by atoms with E-state index in [0.29, 0.717) is 17.1 Å². The zero-order chi connectivity index (χ0) is 11.5. The van der Waals surface area contributed by atoms with Crippen LogP contribution in [0.5, 0.6) is 0 Å². The van der Waals surface area contributed by atoms with E-state index in [1.54, 1.807) is 17.0 Å². The zero-order valence-corrected chi connectivity index (χ0v) is 9.83. The number of hydrogen-bond acceptors (Lipinski definition) is 2. The fourth-order valence-electron chi connectivity index (χ4n) is 1.95. The number of benzene rings is 1. The van der Waals surface area contributed by atoms with Gasteiger partial charge in [-0.1, -0.05) is 18.0 Å². The molecule has 1 aromatic rings. The number of hydrogen-bond donors (Lipinski definition) is 1. The minimum atomic E-state index is 0.180. The van der Waals surface area contributed by atoms with Gasteiger partial charge in [0.2, 0.25) is 5.91 Å². The molecule has 1 fully saturated rings. The number of amides is 1. The first-order valence-corrected chi connectivity index (χ1v) is 5.91. The second-order valence-electron chi connectivity index (χ2n) is 4.06. The molecule has 86 valence electrons. The first-order valence-electron chi connectivity index (χ1n) is 5.54. The van der Waals surface area contributed by atoms with Crippen LogP contribution >= 0.6 is 11.6 Å². The van der Waals surface area contributed by atoms with Crippen molar-refractivity contribution in [3.05, 3.63) is 23.2 Å². The third kappa shape index (κ3) is 2.30. The Bertz CT molecular complexity index is 406. The summed E-state index contributed by atoms with van der Waals surface area (Å²) in [6, 6.07) is 5.36. The summed E-state index contributed by atoms with van der Waals surface area (Å²) in [7, 11) is 0. The average Bonchev–Trinajstić information content (AvgIpc) is 2.47. The molecule has 1 aromatic carbocycles. The maximum Gasteiger partial charge on any atom is 0.226 e. The number of carbonyl (C=O) groups is 1. The Balaban J connectivity index is 2.27. The Morgan fingerprint density at radius 2 is 2.06 bits per heavy atom. The summed E-state index contributed by atoms with van der Waals surface area (Å²) < 4.78 is 0. The van der Waals surface area contributed by atoms with Crippen molar-refractivity contribution in [3.8, 4) is 0 Å². The van der Waals surface area contributed by atoms with E-state index in [2.05, 4.69) is 0 Å². The van der Waals surface area contributed by atoms with Gasteiger partial charge in [-0.25, -0.2) is 0 Å². The van der Waals surface area contributed by atoms with Crippen LogP contribution in [0.1, 0.15) is 25.7 Å². The highest BCUT2D eigenvalue weighted by Crippen LogP contribution is 2.27. The lowest BCUT2D eigenvalue weighted by Crippen LogP contribution is -2.29. The number of carbonyl (C=O) groups excluding carboxylic acids is 1. The number of nitrogens with zero attached hydrogens (tertiary/aromatic N) is 1. The van der Waals surface area contributed by atoms with Gasteiger partial charge in [0.05, 0.1) is 10.7 Å². The maximum atomic E-state index is 11.9. The van der Waals surface area contributed by atoms with Crippen LogP contribution in [-0.2, 0) is 4.79 Å². The summed E-state index contributed by atoms with van der Waals surface area (Å²) in [5.41, 5.74) is 7.12. The highest BCUT2D eigenvalue weighted by Gasteiger charge is 2.18. The van der Waals surface area contributed by atoms with Gasteiger partial charge in [-0.15, -0.1) is 0 Å². The molecule has 1 aliphatic heterocycles. The van der Waals surface area contributed by atoms with Crippen LogP contribution in [0.2, 0.25) is 5.02 Å².